The van der Waals surface area contributed by atoms with Gasteiger partial charge in [-0.2, -0.15) is 0 Å². The predicted molar refractivity (Wildman–Crippen MR) is 111 cm³/mol. The first-order valence-electron chi connectivity index (χ1n) is 9.16. The van der Waals surface area contributed by atoms with Crippen molar-refractivity contribution in [2.75, 3.05) is 0 Å². The van der Waals surface area contributed by atoms with Gasteiger partial charge in [0.1, 0.15) is 16.9 Å². The molecule has 0 spiro atoms. The number of hydrogen-bond acceptors (Lipinski definition) is 2. The lowest BCUT2D eigenvalue weighted by Crippen LogP contribution is -2.32. The SMILES string of the molecule is [C-]#[N+]c1ccc2c(c1)oc1c(-c3c4ccccc4nc[n+]3C)c(C)c(C)cc12. The number of benzene rings is 3. The lowest BCUT2D eigenvalue weighted by molar-refractivity contribution is -0.662. The molecule has 134 valence electrons. The highest BCUT2D eigenvalue weighted by Gasteiger charge is 2.23. The summed E-state index contributed by atoms with van der Waals surface area (Å²) in [6.45, 7) is 11.6. The van der Waals surface area contributed by atoms with Gasteiger partial charge in [-0.15, -0.1) is 0 Å². The van der Waals surface area contributed by atoms with Gasteiger partial charge in [-0.3, -0.25) is 0 Å². The van der Waals surface area contributed by atoms with Crippen molar-refractivity contribution < 1.29 is 8.98 Å². The molecule has 0 aliphatic carbocycles. The zero-order valence-corrected chi connectivity index (χ0v) is 15.9. The minimum absolute atomic E-state index is 0.585. The van der Waals surface area contributed by atoms with Crippen molar-refractivity contribution in [1.82, 2.24) is 4.98 Å². The largest absolute Gasteiger partial charge is 0.457 e. The summed E-state index contributed by atoms with van der Waals surface area (Å²) in [5, 5.41) is 3.20. The average Bonchev–Trinajstić information content (AvgIpc) is 3.07. The standard InChI is InChI=1S/C24H18N3O/c1-14-11-19-17-10-9-16(25-3)12-21(17)28-24(19)22(15(14)2)23-18-7-5-6-8-20(18)26-13-27(23)4/h5-13H,1-2,4H3/q+1. The summed E-state index contributed by atoms with van der Waals surface area (Å²) >= 11 is 0. The molecule has 0 fully saturated rings. The maximum Gasteiger partial charge on any atom is 0.287 e. The second kappa shape index (κ2) is 5.90. The Labute approximate surface area is 162 Å². The zero-order valence-electron chi connectivity index (χ0n) is 15.9. The van der Waals surface area contributed by atoms with Gasteiger partial charge in [0.2, 0.25) is 0 Å². The van der Waals surface area contributed by atoms with Gasteiger partial charge in [0.15, 0.2) is 11.2 Å². The number of rotatable bonds is 1. The lowest BCUT2D eigenvalue weighted by atomic mass is 9.94. The Kier molecular flexibility index (Phi) is 3.47. The Morgan fingerprint density at radius 2 is 1.82 bits per heavy atom. The molecule has 28 heavy (non-hydrogen) atoms. The summed E-state index contributed by atoms with van der Waals surface area (Å²) in [7, 11) is 2.02. The van der Waals surface area contributed by atoms with E-state index in [0.717, 1.165) is 44.1 Å². The third-order valence-corrected chi connectivity index (χ3v) is 5.51. The Bertz CT molecular complexity index is 1450. The Balaban J connectivity index is 1.99. The smallest absolute Gasteiger partial charge is 0.287 e. The van der Waals surface area contributed by atoms with Crippen LogP contribution < -0.4 is 4.57 Å². The molecule has 4 heteroatoms. The summed E-state index contributed by atoms with van der Waals surface area (Å²) in [6, 6.07) is 16.0. The molecule has 0 aliphatic heterocycles. The fraction of sp³-hybridized carbons (Fsp3) is 0.125. The van der Waals surface area contributed by atoms with Crippen LogP contribution in [0.5, 0.6) is 0 Å². The van der Waals surface area contributed by atoms with Crippen LogP contribution in [0.3, 0.4) is 0 Å². The molecule has 0 saturated carbocycles. The normalized spacial score (nSPS) is 11.4. The van der Waals surface area contributed by atoms with Gasteiger partial charge in [0.25, 0.3) is 6.33 Å². The third-order valence-electron chi connectivity index (χ3n) is 5.51. The molecule has 0 aliphatic rings. The molecule has 5 aromatic rings. The van der Waals surface area contributed by atoms with Crippen LogP contribution in [0.25, 0.3) is 48.9 Å². The van der Waals surface area contributed by atoms with Crippen LogP contribution in [0.4, 0.5) is 5.69 Å². The van der Waals surface area contributed by atoms with Crippen molar-refractivity contribution in [3.8, 4) is 11.3 Å². The molecule has 0 bridgehead atoms. The topological polar surface area (TPSA) is 34.3 Å². The number of nitrogens with zero attached hydrogens (tertiary/aromatic N) is 3. The molecule has 0 amide bonds. The second-order valence-corrected chi connectivity index (χ2v) is 7.19. The van der Waals surface area contributed by atoms with E-state index in [2.05, 4.69) is 40.4 Å². The number of aromatic nitrogens is 2. The van der Waals surface area contributed by atoms with Crippen molar-refractivity contribution in [1.29, 1.82) is 0 Å². The molecular formula is C24H18N3O+. The highest BCUT2D eigenvalue weighted by Crippen LogP contribution is 2.40. The highest BCUT2D eigenvalue weighted by molar-refractivity contribution is 6.12. The van der Waals surface area contributed by atoms with Crippen molar-refractivity contribution in [2.45, 2.75) is 13.8 Å². The fourth-order valence-electron chi connectivity index (χ4n) is 3.98. The van der Waals surface area contributed by atoms with Gasteiger partial charge in [0.05, 0.1) is 24.6 Å². The van der Waals surface area contributed by atoms with Crippen LogP contribution in [0, 0.1) is 20.4 Å². The fourth-order valence-corrected chi connectivity index (χ4v) is 3.98. The molecule has 5 rings (SSSR count). The van der Waals surface area contributed by atoms with Crippen molar-refractivity contribution in [2.24, 2.45) is 7.05 Å². The quantitative estimate of drug-likeness (QED) is 0.278. The van der Waals surface area contributed by atoms with E-state index in [1.165, 1.54) is 11.1 Å². The number of hydrogen-bond donors (Lipinski definition) is 0. The van der Waals surface area contributed by atoms with Gasteiger partial charge < -0.3 is 4.42 Å². The summed E-state index contributed by atoms with van der Waals surface area (Å²) < 4.78 is 8.40. The third kappa shape index (κ3) is 2.23. The van der Waals surface area contributed by atoms with E-state index < -0.39 is 0 Å². The summed E-state index contributed by atoms with van der Waals surface area (Å²) in [5.74, 6) is 0. The van der Waals surface area contributed by atoms with Crippen molar-refractivity contribution in [3.05, 3.63) is 77.4 Å². The maximum atomic E-state index is 7.29. The van der Waals surface area contributed by atoms with Gasteiger partial charge >= 0.3 is 0 Å². The molecular weight excluding hydrogens is 346 g/mol. The molecule has 2 aromatic heterocycles. The summed E-state index contributed by atoms with van der Waals surface area (Å²) in [5.41, 5.74) is 7.70. The molecule has 0 unspecified atom stereocenters. The molecule has 4 nitrogen and oxygen atoms in total. The van der Waals surface area contributed by atoms with E-state index in [1.807, 2.05) is 49.8 Å². The van der Waals surface area contributed by atoms with Crippen molar-refractivity contribution in [3.63, 3.8) is 0 Å². The van der Waals surface area contributed by atoms with E-state index in [-0.39, 0.29) is 0 Å². The van der Waals surface area contributed by atoms with Gasteiger partial charge in [-0.1, -0.05) is 24.3 Å². The van der Waals surface area contributed by atoms with Crippen LogP contribution in [-0.4, -0.2) is 4.98 Å². The Morgan fingerprint density at radius 3 is 2.64 bits per heavy atom. The van der Waals surface area contributed by atoms with E-state index in [4.69, 9.17) is 11.0 Å². The van der Waals surface area contributed by atoms with Crippen LogP contribution in [0.1, 0.15) is 11.1 Å². The van der Waals surface area contributed by atoms with E-state index in [9.17, 15) is 0 Å². The van der Waals surface area contributed by atoms with Gasteiger partial charge in [-0.05, 0) is 54.2 Å². The van der Waals surface area contributed by atoms with Crippen molar-refractivity contribution >= 4 is 38.5 Å². The number of fused-ring (bicyclic) bond motifs is 4. The molecule has 0 radical (unpaired) electrons. The average molecular weight is 364 g/mol. The minimum atomic E-state index is 0.585. The van der Waals surface area contributed by atoms with Crippen LogP contribution in [0.15, 0.2) is 59.3 Å². The molecule has 2 heterocycles. The minimum Gasteiger partial charge on any atom is -0.457 e. The highest BCUT2D eigenvalue weighted by atomic mass is 16.3. The molecule has 3 aromatic carbocycles. The van der Waals surface area contributed by atoms with Crippen LogP contribution >= 0.6 is 0 Å². The summed E-state index contributed by atoms with van der Waals surface area (Å²) in [6.07, 6.45) is 1.85. The van der Waals surface area contributed by atoms with E-state index >= 15 is 0 Å². The Hall–Kier alpha value is -3.71. The second-order valence-electron chi connectivity index (χ2n) is 7.19. The van der Waals surface area contributed by atoms with Gasteiger partial charge in [-0.25, -0.2) is 9.41 Å². The van der Waals surface area contributed by atoms with Crippen LogP contribution in [0.2, 0.25) is 0 Å². The molecule has 0 saturated heterocycles. The number of furan rings is 1. The van der Waals surface area contributed by atoms with E-state index in [1.54, 1.807) is 0 Å². The van der Waals surface area contributed by atoms with E-state index in [0.29, 0.717) is 5.69 Å². The predicted octanol–water partition coefficient (Wildman–Crippen LogP) is 5.79. The maximum absolute atomic E-state index is 7.29. The summed E-state index contributed by atoms with van der Waals surface area (Å²) in [4.78, 5) is 8.10. The Morgan fingerprint density at radius 1 is 1.00 bits per heavy atom. The molecule has 0 atom stereocenters. The van der Waals surface area contributed by atoms with Crippen LogP contribution in [-0.2, 0) is 7.05 Å². The lowest BCUT2D eigenvalue weighted by Gasteiger charge is -2.11. The first-order valence-corrected chi connectivity index (χ1v) is 9.16. The first-order chi connectivity index (χ1) is 13.6. The van der Waals surface area contributed by atoms with Gasteiger partial charge in [0, 0.05) is 10.8 Å². The molecule has 0 N–H and O–H groups in total. The number of para-hydroxylation sites is 1. The first kappa shape index (κ1) is 16.5. The zero-order chi connectivity index (χ0) is 19.4. The monoisotopic (exact) mass is 364 g/mol. The number of aryl methyl sites for hydroxylation is 2.